The summed E-state index contributed by atoms with van der Waals surface area (Å²) < 4.78 is 5.14. The third kappa shape index (κ3) is 6.66. The molecule has 30 heavy (non-hydrogen) atoms. The zero-order valence-corrected chi connectivity index (χ0v) is 18.0. The monoisotopic (exact) mass is 429 g/mol. The van der Waals surface area contributed by atoms with E-state index in [4.69, 9.17) is 16.3 Å². The van der Waals surface area contributed by atoms with E-state index in [1.807, 2.05) is 29.2 Å². The van der Waals surface area contributed by atoms with Crippen LogP contribution in [0.5, 0.6) is 5.75 Å². The highest BCUT2D eigenvalue weighted by molar-refractivity contribution is 6.30. The van der Waals surface area contributed by atoms with Gasteiger partial charge in [-0.1, -0.05) is 23.7 Å². The van der Waals surface area contributed by atoms with Gasteiger partial charge in [0.25, 0.3) is 0 Å². The van der Waals surface area contributed by atoms with Gasteiger partial charge in [0.15, 0.2) is 0 Å². The number of rotatable bonds is 7. The zero-order valence-electron chi connectivity index (χ0n) is 17.2. The molecular weight excluding hydrogens is 402 g/mol. The second-order valence-electron chi connectivity index (χ2n) is 7.55. The first-order valence-corrected chi connectivity index (χ1v) is 10.6. The summed E-state index contributed by atoms with van der Waals surface area (Å²) in [4.78, 5) is 26.6. The van der Waals surface area contributed by atoms with E-state index in [0.717, 1.165) is 42.8 Å². The van der Waals surface area contributed by atoms with E-state index in [1.165, 1.54) is 0 Å². The summed E-state index contributed by atoms with van der Waals surface area (Å²) in [5.41, 5.74) is 1.76. The number of hydrogen-bond donors (Lipinski definition) is 2. The van der Waals surface area contributed by atoms with Crippen LogP contribution in [-0.4, -0.2) is 37.0 Å². The molecule has 2 aromatic rings. The largest absolute Gasteiger partial charge is 0.497 e. The van der Waals surface area contributed by atoms with E-state index in [2.05, 4.69) is 10.6 Å². The molecule has 1 fully saturated rings. The zero-order chi connectivity index (χ0) is 21.3. The molecule has 1 heterocycles. The molecule has 0 spiro atoms. The van der Waals surface area contributed by atoms with Gasteiger partial charge >= 0.3 is 6.03 Å². The predicted octanol–water partition coefficient (Wildman–Crippen LogP) is 4.69. The van der Waals surface area contributed by atoms with Gasteiger partial charge < -0.3 is 20.3 Å². The number of likely N-dealkylation sites (tertiary alicyclic amines) is 1. The van der Waals surface area contributed by atoms with Crippen molar-refractivity contribution in [3.63, 3.8) is 0 Å². The Bertz CT molecular complexity index is 840. The first-order valence-electron chi connectivity index (χ1n) is 10.2. The maximum absolute atomic E-state index is 12.5. The van der Waals surface area contributed by atoms with Crippen LogP contribution >= 0.6 is 11.6 Å². The fourth-order valence-electron chi connectivity index (χ4n) is 3.59. The SMILES string of the molecule is COc1ccc(CNC(=O)CC[C@H]2CCCN(C(=O)Nc3ccc(Cl)cc3)C2)cc1. The van der Waals surface area contributed by atoms with Crippen LogP contribution in [0.2, 0.25) is 5.02 Å². The van der Waals surface area contributed by atoms with Gasteiger partial charge in [-0.05, 0) is 67.1 Å². The molecule has 0 unspecified atom stereocenters. The van der Waals surface area contributed by atoms with Crippen molar-refractivity contribution in [3.05, 3.63) is 59.1 Å². The highest BCUT2D eigenvalue weighted by Gasteiger charge is 2.24. The summed E-state index contributed by atoms with van der Waals surface area (Å²) >= 11 is 5.88. The Kier molecular flexibility index (Phi) is 7.97. The normalized spacial score (nSPS) is 16.1. The Morgan fingerprint density at radius 3 is 2.57 bits per heavy atom. The summed E-state index contributed by atoms with van der Waals surface area (Å²) in [6.45, 7) is 1.91. The third-order valence-corrected chi connectivity index (χ3v) is 5.58. The quantitative estimate of drug-likeness (QED) is 0.670. The maximum atomic E-state index is 12.5. The number of halogens is 1. The number of anilines is 1. The van der Waals surface area contributed by atoms with Gasteiger partial charge in [0.05, 0.1) is 7.11 Å². The van der Waals surface area contributed by atoms with E-state index in [0.29, 0.717) is 30.5 Å². The second-order valence-corrected chi connectivity index (χ2v) is 7.99. The topological polar surface area (TPSA) is 70.7 Å². The molecule has 1 saturated heterocycles. The number of urea groups is 1. The number of benzene rings is 2. The highest BCUT2D eigenvalue weighted by atomic mass is 35.5. The lowest BCUT2D eigenvalue weighted by atomic mass is 9.93. The molecule has 2 N–H and O–H groups in total. The van der Waals surface area contributed by atoms with Crippen molar-refractivity contribution in [3.8, 4) is 5.75 Å². The number of piperidine rings is 1. The third-order valence-electron chi connectivity index (χ3n) is 5.33. The summed E-state index contributed by atoms with van der Waals surface area (Å²) in [6, 6.07) is 14.6. The molecule has 1 atom stereocenters. The molecule has 0 saturated carbocycles. The van der Waals surface area contributed by atoms with Crippen LogP contribution in [0.3, 0.4) is 0 Å². The average Bonchev–Trinajstić information content (AvgIpc) is 2.78. The van der Waals surface area contributed by atoms with Gasteiger partial charge in [0, 0.05) is 36.8 Å². The van der Waals surface area contributed by atoms with Gasteiger partial charge in [-0.2, -0.15) is 0 Å². The number of ether oxygens (including phenoxy) is 1. The molecule has 0 radical (unpaired) electrons. The predicted molar refractivity (Wildman–Crippen MR) is 119 cm³/mol. The summed E-state index contributed by atoms with van der Waals surface area (Å²) in [7, 11) is 1.63. The number of amides is 3. The van der Waals surface area contributed by atoms with Crippen LogP contribution in [0.1, 0.15) is 31.2 Å². The molecule has 3 rings (SSSR count). The van der Waals surface area contributed by atoms with E-state index >= 15 is 0 Å². The maximum Gasteiger partial charge on any atom is 0.321 e. The van der Waals surface area contributed by atoms with Crippen LogP contribution in [0.15, 0.2) is 48.5 Å². The number of carbonyl (C=O) groups excluding carboxylic acids is 2. The number of nitrogens with one attached hydrogen (secondary N) is 2. The number of nitrogens with zero attached hydrogens (tertiary/aromatic N) is 1. The van der Waals surface area contributed by atoms with Crippen molar-refractivity contribution < 1.29 is 14.3 Å². The van der Waals surface area contributed by atoms with Crippen LogP contribution in [0.4, 0.5) is 10.5 Å². The lowest BCUT2D eigenvalue weighted by molar-refractivity contribution is -0.121. The lowest BCUT2D eigenvalue weighted by Gasteiger charge is -2.32. The van der Waals surface area contributed by atoms with Crippen molar-refractivity contribution in [2.75, 3.05) is 25.5 Å². The van der Waals surface area contributed by atoms with E-state index < -0.39 is 0 Å². The molecule has 6 nitrogen and oxygen atoms in total. The first kappa shape index (κ1) is 22.0. The summed E-state index contributed by atoms with van der Waals surface area (Å²) in [6.07, 6.45) is 3.23. The van der Waals surface area contributed by atoms with E-state index in [9.17, 15) is 9.59 Å². The average molecular weight is 430 g/mol. The Morgan fingerprint density at radius 1 is 1.13 bits per heavy atom. The van der Waals surface area contributed by atoms with Crippen molar-refractivity contribution >= 4 is 29.2 Å². The van der Waals surface area contributed by atoms with Crippen LogP contribution in [0.25, 0.3) is 0 Å². The smallest absolute Gasteiger partial charge is 0.321 e. The van der Waals surface area contributed by atoms with Crippen LogP contribution < -0.4 is 15.4 Å². The van der Waals surface area contributed by atoms with Gasteiger partial charge in [-0.15, -0.1) is 0 Å². The molecule has 1 aliphatic heterocycles. The van der Waals surface area contributed by atoms with Gasteiger partial charge in [-0.25, -0.2) is 4.79 Å². The second kappa shape index (κ2) is 10.9. The van der Waals surface area contributed by atoms with Gasteiger partial charge in [0.2, 0.25) is 5.91 Å². The molecule has 0 bridgehead atoms. The van der Waals surface area contributed by atoms with Crippen molar-refractivity contribution in [2.24, 2.45) is 5.92 Å². The molecule has 0 aromatic heterocycles. The molecule has 0 aliphatic carbocycles. The van der Waals surface area contributed by atoms with Crippen LogP contribution in [-0.2, 0) is 11.3 Å². The van der Waals surface area contributed by atoms with Crippen molar-refractivity contribution in [1.82, 2.24) is 10.2 Å². The Labute approximate surface area is 182 Å². The van der Waals surface area contributed by atoms with E-state index in [-0.39, 0.29) is 11.9 Å². The molecule has 7 heteroatoms. The summed E-state index contributed by atoms with van der Waals surface area (Å²) in [5, 5.41) is 6.51. The lowest BCUT2D eigenvalue weighted by Crippen LogP contribution is -2.42. The fourth-order valence-corrected chi connectivity index (χ4v) is 3.71. The Balaban J connectivity index is 1.40. The van der Waals surface area contributed by atoms with Crippen molar-refractivity contribution in [1.29, 1.82) is 0 Å². The minimum atomic E-state index is -0.106. The molecule has 160 valence electrons. The standard InChI is InChI=1S/C23H28ClN3O3/c1-30-21-11-4-17(5-12-21)15-25-22(28)13-6-18-3-2-14-27(16-18)23(29)26-20-9-7-19(24)8-10-20/h4-5,7-12,18H,2-3,6,13-16H2,1H3,(H,25,28)(H,26,29)/t18-/m1/s1. The highest BCUT2D eigenvalue weighted by Crippen LogP contribution is 2.22. The van der Waals surface area contributed by atoms with Gasteiger partial charge in [-0.3, -0.25) is 4.79 Å². The minimum Gasteiger partial charge on any atom is -0.497 e. The molecule has 2 aromatic carbocycles. The fraction of sp³-hybridized carbons (Fsp3) is 0.391. The van der Waals surface area contributed by atoms with Crippen molar-refractivity contribution in [2.45, 2.75) is 32.2 Å². The first-order chi connectivity index (χ1) is 14.5. The minimum absolute atomic E-state index is 0.0357. The number of carbonyl (C=O) groups is 2. The van der Waals surface area contributed by atoms with Gasteiger partial charge in [0.1, 0.15) is 5.75 Å². The number of methoxy groups -OCH3 is 1. The van der Waals surface area contributed by atoms with E-state index in [1.54, 1.807) is 31.4 Å². The molecule has 1 aliphatic rings. The molecular formula is C23H28ClN3O3. The Hall–Kier alpha value is -2.73. The summed E-state index contributed by atoms with van der Waals surface area (Å²) in [5.74, 6) is 1.17. The Morgan fingerprint density at radius 2 is 1.87 bits per heavy atom. The number of hydrogen-bond acceptors (Lipinski definition) is 3. The van der Waals surface area contributed by atoms with Crippen LogP contribution in [0, 0.1) is 5.92 Å². The molecule has 3 amide bonds.